The molecular weight excluding hydrogens is 341 g/mol. The first kappa shape index (κ1) is 18.2. The maximum absolute atomic E-state index is 13.8. The molecule has 1 aliphatic rings. The van der Waals surface area contributed by atoms with Crippen molar-refractivity contribution in [1.29, 1.82) is 0 Å². The molecule has 1 atom stereocenters. The average molecular weight is 359 g/mol. The molecule has 0 unspecified atom stereocenters. The van der Waals surface area contributed by atoms with Crippen molar-refractivity contribution in [2.45, 2.75) is 12.5 Å². The number of methoxy groups -OCH3 is 1. The molecule has 24 heavy (non-hydrogen) atoms. The van der Waals surface area contributed by atoms with Crippen LogP contribution in [-0.4, -0.2) is 63.5 Å². The minimum absolute atomic E-state index is 0.0339. The first-order chi connectivity index (χ1) is 11.2. The summed E-state index contributed by atoms with van der Waals surface area (Å²) >= 11 is 0. The normalized spacial score (nSPS) is 18.9. The number of hydrogen-bond donors (Lipinski definition) is 0. The molecule has 1 saturated heterocycles. The maximum Gasteiger partial charge on any atom is 0.341 e. The lowest BCUT2D eigenvalue weighted by atomic mass is 10.2. The molecule has 1 fully saturated rings. The van der Waals surface area contributed by atoms with E-state index in [0.29, 0.717) is 6.42 Å². The summed E-state index contributed by atoms with van der Waals surface area (Å²) in [5.41, 5.74) is -0.310. The second-order valence-corrected chi connectivity index (χ2v) is 7.71. The van der Waals surface area contributed by atoms with Gasteiger partial charge in [-0.1, -0.05) is 0 Å². The smallest absolute Gasteiger partial charge is 0.341 e. The van der Waals surface area contributed by atoms with Crippen molar-refractivity contribution in [3.05, 3.63) is 29.6 Å². The summed E-state index contributed by atoms with van der Waals surface area (Å²) in [6.45, 7) is -0.586. The van der Waals surface area contributed by atoms with Gasteiger partial charge in [-0.05, 0) is 18.6 Å². The quantitative estimate of drug-likeness (QED) is 0.717. The fourth-order valence-corrected chi connectivity index (χ4v) is 4.15. The number of ether oxygens (including phenoxy) is 2. The Hall–Kier alpha value is -2.16. The fourth-order valence-electron chi connectivity index (χ4n) is 2.38. The Balaban J connectivity index is 1.93. The van der Waals surface area contributed by atoms with Crippen molar-refractivity contribution in [3.63, 3.8) is 0 Å². The number of halogens is 1. The Bertz CT molecular complexity index is 748. The summed E-state index contributed by atoms with van der Waals surface area (Å²) in [6.07, 6.45) is 0.353. The molecule has 0 N–H and O–H groups in total. The molecule has 0 bridgehead atoms. The van der Waals surface area contributed by atoms with E-state index in [0.717, 1.165) is 6.07 Å². The van der Waals surface area contributed by atoms with E-state index in [1.54, 1.807) is 0 Å². The Morgan fingerprint density at radius 2 is 2.08 bits per heavy atom. The van der Waals surface area contributed by atoms with Crippen LogP contribution in [0.4, 0.5) is 4.39 Å². The number of likely N-dealkylation sites (N-methyl/N-ethyl adjacent to an activating group) is 1. The van der Waals surface area contributed by atoms with Gasteiger partial charge in [0.15, 0.2) is 16.4 Å². The summed E-state index contributed by atoms with van der Waals surface area (Å²) in [5.74, 6) is -2.15. The maximum atomic E-state index is 13.8. The molecule has 1 aromatic carbocycles. The van der Waals surface area contributed by atoms with Gasteiger partial charge in [-0.2, -0.15) is 0 Å². The van der Waals surface area contributed by atoms with Gasteiger partial charge >= 0.3 is 5.97 Å². The zero-order valence-electron chi connectivity index (χ0n) is 13.3. The van der Waals surface area contributed by atoms with Crippen molar-refractivity contribution in [1.82, 2.24) is 4.90 Å². The molecule has 7 nitrogen and oxygen atoms in total. The van der Waals surface area contributed by atoms with Gasteiger partial charge < -0.3 is 14.4 Å². The summed E-state index contributed by atoms with van der Waals surface area (Å²) < 4.78 is 46.3. The molecule has 0 spiro atoms. The number of esters is 1. The number of sulfone groups is 1. The number of hydrogen-bond acceptors (Lipinski definition) is 6. The molecule has 132 valence electrons. The lowest BCUT2D eigenvalue weighted by Gasteiger charge is -2.23. The lowest BCUT2D eigenvalue weighted by Crippen LogP contribution is -2.40. The first-order valence-electron chi connectivity index (χ1n) is 7.20. The van der Waals surface area contributed by atoms with Crippen LogP contribution in [-0.2, 0) is 19.4 Å². The molecule has 1 aromatic rings. The van der Waals surface area contributed by atoms with E-state index in [-0.39, 0.29) is 22.8 Å². The Labute approximate surface area is 139 Å². The highest BCUT2D eigenvalue weighted by atomic mass is 32.2. The summed E-state index contributed by atoms with van der Waals surface area (Å²) in [5, 5.41) is 0. The summed E-state index contributed by atoms with van der Waals surface area (Å²) in [4.78, 5) is 25.1. The lowest BCUT2D eigenvalue weighted by molar-refractivity contribution is -0.134. The molecule has 1 aliphatic heterocycles. The third-order valence-corrected chi connectivity index (χ3v) is 5.62. The first-order valence-corrected chi connectivity index (χ1v) is 9.02. The van der Waals surface area contributed by atoms with Crippen LogP contribution in [0, 0.1) is 5.82 Å². The number of rotatable bonds is 5. The topological polar surface area (TPSA) is 90.0 Å². The van der Waals surface area contributed by atoms with Crippen molar-refractivity contribution >= 4 is 21.7 Å². The van der Waals surface area contributed by atoms with E-state index in [1.807, 2.05) is 0 Å². The molecule has 0 aromatic heterocycles. The van der Waals surface area contributed by atoms with Crippen LogP contribution in [0.3, 0.4) is 0 Å². The van der Waals surface area contributed by atoms with Crippen LogP contribution >= 0.6 is 0 Å². The van der Waals surface area contributed by atoms with Crippen molar-refractivity contribution in [2.75, 3.05) is 32.3 Å². The molecule has 1 heterocycles. The predicted octanol–water partition coefficient (Wildman–Crippen LogP) is 0.637. The van der Waals surface area contributed by atoms with Crippen LogP contribution < -0.4 is 4.74 Å². The van der Waals surface area contributed by atoms with Gasteiger partial charge in [-0.15, -0.1) is 0 Å². The monoisotopic (exact) mass is 359 g/mol. The van der Waals surface area contributed by atoms with E-state index in [2.05, 4.69) is 0 Å². The van der Waals surface area contributed by atoms with Crippen LogP contribution in [0.15, 0.2) is 18.2 Å². The second kappa shape index (κ2) is 7.16. The molecule has 0 saturated carbocycles. The average Bonchev–Trinajstić information content (AvgIpc) is 2.91. The largest absolute Gasteiger partial charge is 0.497 e. The van der Waals surface area contributed by atoms with E-state index >= 15 is 0 Å². The molecule has 2 rings (SSSR count). The number of nitrogens with zero attached hydrogens (tertiary/aromatic N) is 1. The fraction of sp³-hybridized carbons (Fsp3) is 0.467. The van der Waals surface area contributed by atoms with Gasteiger partial charge in [0.1, 0.15) is 11.6 Å². The van der Waals surface area contributed by atoms with E-state index < -0.39 is 40.2 Å². The highest BCUT2D eigenvalue weighted by Gasteiger charge is 2.33. The molecule has 0 radical (unpaired) electrons. The minimum atomic E-state index is -3.12. The van der Waals surface area contributed by atoms with Crippen molar-refractivity contribution < 1.29 is 31.9 Å². The third-order valence-electron chi connectivity index (χ3n) is 3.87. The standard InChI is InChI=1S/C15H18FNO6S/c1-17(10-5-6-24(20,21)9-10)14(18)8-23-15(19)12-4-3-11(22-2)7-13(12)16/h3-4,7,10H,5-6,8-9H2,1-2H3/t10-/m0/s1. The highest BCUT2D eigenvalue weighted by Crippen LogP contribution is 2.18. The van der Waals surface area contributed by atoms with Crippen molar-refractivity contribution in [2.24, 2.45) is 0 Å². The van der Waals surface area contributed by atoms with Gasteiger partial charge in [-0.3, -0.25) is 4.79 Å². The second-order valence-electron chi connectivity index (χ2n) is 5.48. The molecule has 1 amide bonds. The minimum Gasteiger partial charge on any atom is -0.497 e. The molecule has 0 aliphatic carbocycles. The third kappa shape index (κ3) is 4.22. The van der Waals surface area contributed by atoms with Gasteiger partial charge in [0.05, 0.1) is 24.2 Å². The summed E-state index contributed by atoms with van der Waals surface area (Å²) in [6, 6.07) is 3.21. The molecular formula is C15H18FNO6S. The van der Waals surface area contributed by atoms with Gasteiger partial charge in [-0.25, -0.2) is 17.6 Å². The number of carbonyl (C=O) groups excluding carboxylic acids is 2. The zero-order valence-corrected chi connectivity index (χ0v) is 14.1. The van der Waals surface area contributed by atoms with Gasteiger partial charge in [0.2, 0.25) is 0 Å². The zero-order chi connectivity index (χ0) is 17.9. The number of benzene rings is 1. The van der Waals surface area contributed by atoms with Gasteiger partial charge in [0, 0.05) is 19.2 Å². The Morgan fingerprint density at radius 1 is 1.38 bits per heavy atom. The van der Waals surface area contributed by atoms with Crippen LogP contribution in [0.5, 0.6) is 5.75 Å². The van der Waals surface area contributed by atoms with Crippen LogP contribution in [0.2, 0.25) is 0 Å². The van der Waals surface area contributed by atoms with Crippen LogP contribution in [0.25, 0.3) is 0 Å². The van der Waals surface area contributed by atoms with E-state index in [1.165, 1.54) is 31.2 Å². The highest BCUT2D eigenvalue weighted by molar-refractivity contribution is 7.91. The Kier molecular flexibility index (Phi) is 5.43. The molecule has 9 heteroatoms. The van der Waals surface area contributed by atoms with Crippen molar-refractivity contribution in [3.8, 4) is 5.75 Å². The van der Waals surface area contributed by atoms with Crippen LogP contribution in [0.1, 0.15) is 16.8 Å². The summed E-state index contributed by atoms with van der Waals surface area (Å²) in [7, 11) is -0.304. The number of carbonyl (C=O) groups is 2. The SMILES string of the molecule is COc1ccc(C(=O)OCC(=O)N(C)[C@H]2CCS(=O)(=O)C2)c(F)c1. The number of amides is 1. The van der Waals surface area contributed by atoms with E-state index in [4.69, 9.17) is 9.47 Å². The van der Waals surface area contributed by atoms with E-state index in [9.17, 15) is 22.4 Å². The predicted molar refractivity (Wildman–Crippen MR) is 83.1 cm³/mol. The van der Waals surface area contributed by atoms with Gasteiger partial charge in [0.25, 0.3) is 5.91 Å². The Morgan fingerprint density at radius 3 is 2.62 bits per heavy atom.